The SMILES string of the molecule is CN(C)Cc1c(CO)nc2c(OCc3ccccc3)cccn12. The zero-order chi connectivity index (χ0) is 16.2. The zero-order valence-corrected chi connectivity index (χ0v) is 13.4. The van der Waals surface area contributed by atoms with Gasteiger partial charge in [-0.25, -0.2) is 4.98 Å². The number of hydrogen-bond donors (Lipinski definition) is 1. The lowest BCUT2D eigenvalue weighted by molar-refractivity contribution is 0.273. The molecule has 0 aliphatic rings. The maximum Gasteiger partial charge on any atom is 0.180 e. The summed E-state index contributed by atoms with van der Waals surface area (Å²) in [5.41, 5.74) is 3.52. The van der Waals surface area contributed by atoms with Gasteiger partial charge >= 0.3 is 0 Å². The van der Waals surface area contributed by atoms with Gasteiger partial charge in [-0.15, -0.1) is 0 Å². The molecule has 0 radical (unpaired) electrons. The summed E-state index contributed by atoms with van der Waals surface area (Å²) in [5, 5.41) is 9.60. The molecule has 5 nitrogen and oxygen atoms in total. The minimum absolute atomic E-state index is 0.0804. The van der Waals surface area contributed by atoms with Crippen molar-refractivity contribution >= 4 is 5.65 Å². The summed E-state index contributed by atoms with van der Waals surface area (Å²) in [6.07, 6.45) is 1.95. The molecular formula is C18H21N3O2. The molecule has 0 fully saturated rings. The van der Waals surface area contributed by atoms with Crippen molar-refractivity contribution < 1.29 is 9.84 Å². The second-order valence-electron chi connectivity index (χ2n) is 5.74. The summed E-state index contributed by atoms with van der Waals surface area (Å²) in [4.78, 5) is 6.61. The smallest absolute Gasteiger partial charge is 0.180 e. The van der Waals surface area contributed by atoms with Crippen LogP contribution in [0.15, 0.2) is 48.7 Å². The van der Waals surface area contributed by atoms with Crippen molar-refractivity contribution in [3.8, 4) is 5.75 Å². The van der Waals surface area contributed by atoms with E-state index in [-0.39, 0.29) is 6.61 Å². The molecule has 0 atom stereocenters. The normalized spacial score (nSPS) is 11.3. The highest BCUT2D eigenvalue weighted by molar-refractivity contribution is 5.56. The number of aliphatic hydroxyl groups is 1. The number of aliphatic hydroxyl groups excluding tert-OH is 1. The van der Waals surface area contributed by atoms with Gasteiger partial charge in [0.05, 0.1) is 18.0 Å². The highest BCUT2D eigenvalue weighted by atomic mass is 16.5. The van der Waals surface area contributed by atoms with Gasteiger partial charge in [0.15, 0.2) is 11.4 Å². The lowest BCUT2D eigenvalue weighted by Gasteiger charge is -2.11. The number of aromatic nitrogens is 2. The number of fused-ring (bicyclic) bond motifs is 1. The van der Waals surface area contributed by atoms with E-state index in [1.165, 1.54) is 0 Å². The molecule has 1 N–H and O–H groups in total. The molecule has 0 bridgehead atoms. The molecule has 0 aliphatic heterocycles. The van der Waals surface area contributed by atoms with E-state index < -0.39 is 0 Å². The monoisotopic (exact) mass is 311 g/mol. The van der Waals surface area contributed by atoms with Gasteiger partial charge in [0.25, 0.3) is 0 Å². The van der Waals surface area contributed by atoms with Crippen LogP contribution in [0.25, 0.3) is 5.65 Å². The van der Waals surface area contributed by atoms with E-state index in [1.54, 1.807) is 0 Å². The Hall–Kier alpha value is -2.37. The van der Waals surface area contributed by atoms with E-state index in [0.29, 0.717) is 18.8 Å². The Morgan fingerprint density at radius 3 is 2.61 bits per heavy atom. The van der Waals surface area contributed by atoms with Crippen LogP contribution in [0, 0.1) is 0 Å². The van der Waals surface area contributed by atoms with Gasteiger partial charge in [0.1, 0.15) is 6.61 Å². The number of benzene rings is 1. The number of hydrogen-bond acceptors (Lipinski definition) is 4. The van der Waals surface area contributed by atoms with Gasteiger partial charge in [-0.05, 0) is 31.8 Å². The summed E-state index contributed by atoms with van der Waals surface area (Å²) >= 11 is 0. The minimum Gasteiger partial charge on any atom is -0.485 e. The van der Waals surface area contributed by atoms with Crippen LogP contribution in [-0.2, 0) is 19.8 Å². The molecule has 0 spiro atoms. The standard InChI is InChI=1S/C18H21N3O2/c1-20(2)11-16-15(12-22)19-18-17(9-6-10-21(16)18)23-13-14-7-4-3-5-8-14/h3-10,22H,11-13H2,1-2H3. The summed E-state index contributed by atoms with van der Waals surface area (Å²) in [7, 11) is 3.99. The molecule has 0 saturated heterocycles. The Balaban J connectivity index is 1.93. The average molecular weight is 311 g/mol. The van der Waals surface area contributed by atoms with Crippen molar-refractivity contribution in [2.45, 2.75) is 19.8 Å². The highest BCUT2D eigenvalue weighted by Gasteiger charge is 2.15. The largest absolute Gasteiger partial charge is 0.485 e. The van der Waals surface area contributed by atoms with Crippen LogP contribution in [0.4, 0.5) is 0 Å². The van der Waals surface area contributed by atoms with E-state index in [4.69, 9.17) is 4.74 Å². The maximum atomic E-state index is 9.60. The number of imidazole rings is 1. The van der Waals surface area contributed by atoms with E-state index >= 15 is 0 Å². The summed E-state index contributed by atoms with van der Waals surface area (Å²) in [6.45, 7) is 1.12. The second-order valence-corrected chi connectivity index (χ2v) is 5.74. The van der Waals surface area contributed by atoms with Crippen molar-refractivity contribution in [2.24, 2.45) is 0 Å². The summed E-state index contributed by atoms with van der Waals surface area (Å²) in [5.74, 6) is 0.719. The van der Waals surface area contributed by atoms with Crippen LogP contribution in [0.3, 0.4) is 0 Å². The molecule has 1 aromatic carbocycles. The molecule has 2 heterocycles. The van der Waals surface area contributed by atoms with Crippen molar-refractivity contribution in [1.82, 2.24) is 14.3 Å². The van der Waals surface area contributed by atoms with Crippen molar-refractivity contribution in [2.75, 3.05) is 14.1 Å². The van der Waals surface area contributed by atoms with Crippen molar-refractivity contribution in [3.63, 3.8) is 0 Å². The minimum atomic E-state index is -0.0804. The Kier molecular flexibility index (Phi) is 4.60. The molecule has 3 aromatic rings. The van der Waals surface area contributed by atoms with Gasteiger partial charge < -0.3 is 14.7 Å². The highest BCUT2D eigenvalue weighted by Crippen LogP contribution is 2.24. The topological polar surface area (TPSA) is 50.0 Å². The maximum absolute atomic E-state index is 9.60. The fourth-order valence-corrected chi connectivity index (χ4v) is 2.58. The molecule has 0 amide bonds. The molecule has 120 valence electrons. The lowest BCUT2D eigenvalue weighted by Crippen LogP contribution is -2.14. The third-order valence-corrected chi connectivity index (χ3v) is 3.65. The number of ether oxygens (including phenoxy) is 1. The third-order valence-electron chi connectivity index (χ3n) is 3.65. The van der Waals surface area contributed by atoms with Crippen LogP contribution in [-0.4, -0.2) is 33.5 Å². The third kappa shape index (κ3) is 3.36. The van der Waals surface area contributed by atoms with Crippen molar-refractivity contribution in [3.05, 3.63) is 65.6 Å². The van der Waals surface area contributed by atoms with E-state index in [2.05, 4.69) is 9.88 Å². The van der Waals surface area contributed by atoms with Gasteiger partial charge in [-0.3, -0.25) is 4.40 Å². The predicted octanol–water partition coefficient (Wildman–Crippen LogP) is 2.47. The first kappa shape index (κ1) is 15.5. The zero-order valence-electron chi connectivity index (χ0n) is 13.4. The Morgan fingerprint density at radius 1 is 1.13 bits per heavy atom. The number of rotatable bonds is 6. The van der Waals surface area contributed by atoms with E-state index in [1.807, 2.05) is 67.2 Å². The summed E-state index contributed by atoms with van der Waals surface area (Å²) in [6, 6.07) is 13.9. The van der Waals surface area contributed by atoms with Gasteiger partial charge in [-0.1, -0.05) is 30.3 Å². The molecule has 3 rings (SSSR count). The average Bonchev–Trinajstić information content (AvgIpc) is 2.92. The summed E-state index contributed by atoms with van der Waals surface area (Å²) < 4.78 is 7.94. The first-order valence-electron chi connectivity index (χ1n) is 7.60. The Bertz CT molecular complexity index is 782. The fourth-order valence-electron chi connectivity index (χ4n) is 2.58. The lowest BCUT2D eigenvalue weighted by atomic mass is 10.2. The van der Waals surface area contributed by atoms with E-state index in [0.717, 1.165) is 22.7 Å². The molecule has 0 unspecified atom stereocenters. The molecule has 2 aromatic heterocycles. The second kappa shape index (κ2) is 6.81. The first-order chi connectivity index (χ1) is 11.2. The number of nitrogens with zero attached hydrogens (tertiary/aromatic N) is 3. The Morgan fingerprint density at radius 2 is 1.91 bits per heavy atom. The fraction of sp³-hybridized carbons (Fsp3) is 0.278. The number of pyridine rings is 1. The van der Waals surface area contributed by atoms with Crippen LogP contribution < -0.4 is 4.74 Å². The Labute approximate surface area is 135 Å². The van der Waals surface area contributed by atoms with Crippen LogP contribution in [0.2, 0.25) is 0 Å². The van der Waals surface area contributed by atoms with Crippen LogP contribution >= 0.6 is 0 Å². The van der Waals surface area contributed by atoms with E-state index in [9.17, 15) is 5.11 Å². The van der Waals surface area contributed by atoms with Gasteiger partial charge in [-0.2, -0.15) is 0 Å². The van der Waals surface area contributed by atoms with Gasteiger partial charge in [0.2, 0.25) is 0 Å². The molecular weight excluding hydrogens is 290 g/mol. The first-order valence-corrected chi connectivity index (χ1v) is 7.60. The molecule has 5 heteroatoms. The van der Waals surface area contributed by atoms with Crippen LogP contribution in [0.5, 0.6) is 5.75 Å². The van der Waals surface area contributed by atoms with Crippen molar-refractivity contribution in [1.29, 1.82) is 0 Å². The molecule has 23 heavy (non-hydrogen) atoms. The van der Waals surface area contributed by atoms with Crippen LogP contribution in [0.1, 0.15) is 17.0 Å². The quantitative estimate of drug-likeness (QED) is 0.760. The molecule has 0 saturated carbocycles. The molecule has 0 aliphatic carbocycles. The van der Waals surface area contributed by atoms with Gasteiger partial charge in [0, 0.05) is 12.7 Å². The predicted molar refractivity (Wildman–Crippen MR) is 89.3 cm³/mol.